The van der Waals surface area contributed by atoms with Gasteiger partial charge in [-0.1, -0.05) is 55.8 Å². The lowest BCUT2D eigenvalue weighted by atomic mass is 10.0. The Hall–Kier alpha value is -3.36. The second-order valence-corrected chi connectivity index (χ2v) is 10.5. The maximum Gasteiger partial charge on any atom is 0.343 e. The molecule has 0 bridgehead atoms. The van der Waals surface area contributed by atoms with Gasteiger partial charge in [-0.25, -0.2) is 13.2 Å². The van der Waals surface area contributed by atoms with Gasteiger partial charge in [0, 0.05) is 10.7 Å². The number of hydrogen-bond acceptors (Lipinski definition) is 4. The minimum absolute atomic E-state index is 0.0691. The maximum atomic E-state index is 13.5. The molecule has 1 aliphatic rings. The number of fused-ring (bicyclic) bond motifs is 1. The number of anilines is 3. The van der Waals surface area contributed by atoms with Gasteiger partial charge < -0.3 is 5.32 Å². The number of aryl methyl sites for hydroxylation is 1. The first-order valence-corrected chi connectivity index (χ1v) is 12.5. The van der Waals surface area contributed by atoms with Crippen molar-refractivity contribution >= 4 is 50.6 Å². The predicted molar refractivity (Wildman–Crippen MR) is 134 cm³/mol. The Balaban J connectivity index is 1.68. The molecule has 3 aromatic carbocycles. The van der Waals surface area contributed by atoms with Gasteiger partial charge >= 0.3 is 6.03 Å². The van der Waals surface area contributed by atoms with E-state index in [-0.39, 0.29) is 22.8 Å². The van der Waals surface area contributed by atoms with Crippen molar-refractivity contribution in [3.05, 3.63) is 82.9 Å². The number of carbonyl (C=O) groups excluding carboxylic acids is 2. The normalized spacial score (nSPS) is 14.8. The summed E-state index contributed by atoms with van der Waals surface area (Å²) < 4.78 is 27.4. The summed E-state index contributed by atoms with van der Waals surface area (Å²) in [6.45, 7) is 5.56. The van der Waals surface area contributed by atoms with E-state index in [4.69, 9.17) is 11.6 Å². The number of benzene rings is 3. The Morgan fingerprint density at radius 3 is 2.35 bits per heavy atom. The number of amides is 3. The summed E-state index contributed by atoms with van der Waals surface area (Å²) in [6, 6.07) is 17.3. The Kier molecular flexibility index (Phi) is 6.38. The Morgan fingerprint density at radius 1 is 1.03 bits per heavy atom. The molecule has 0 fully saturated rings. The molecule has 3 aromatic rings. The predicted octanol–water partition coefficient (Wildman–Crippen LogP) is 5.55. The number of nitrogens with zero attached hydrogens (tertiary/aromatic N) is 2. The van der Waals surface area contributed by atoms with Gasteiger partial charge in [-0.15, -0.1) is 0 Å². The average Bonchev–Trinajstić information content (AvgIpc) is 2.79. The van der Waals surface area contributed by atoms with Crippen molar-refractivity contribution in [2.45, 2.75) is 31.6 Å². The summed E-state index contributed by atoms with van der Waals surface area (Å²) in [6.07, 6.45) is 0. The highest BCUT2D eigenvalue weighted by molar-refractivity contribution is 7.94. The number of sulfonamides is 1. The molecule has 34 heavy (non-hydrogen) atoms. The molecule has 1 aliphatic heterocycles. The summed E-state index contributed by atoms with van der Waals surface area (Å²) in [5, 5.41) is 3.10. The summed E-state index contributed by atoms with van der Waals surface area (Å²) in [5.74, 6) is -0.0999. The molecule has 0 atom stereocenters. The fourth-order valence-electron chi connectivity index (χ4n) is 3.72. The summed E-state index contributed by atoms with van der Waals surface area (Å²) >= 11 is 6.21. The van der Waals surface area contributed by atoms with E-state index in [1.54, 1.807) is 37.3 Å². The van der Waals surface area contributed by atoms with Crippen LogP contribution in [0.25, 0.3) is 0 Å². The standard InChI is InChI=1S/C25H24ClN3O4S/c1-16(2)18-9-11-19(12-10-18)27-24(30)15-28-22-6-4-5-7-23(22)34(32,33)29(25(28)31)20-13-8-17(3)21(26)14-20/h4-14,16H,15H2,1-3H3,(H,27,30). The molecule has 0 saturated carbocycles. The number of nitrogens with one attached hydrogen (secondary N) is 1. The van der Waals surface area contributed by atoms with Crippen molar-refractivity contribution in [1.82, 2.24) is 0 Å². The zero-order valence-electron chi connectivity index (χ0n) is 18.9. The minimum atomic E-state index is -4.20. The molecule has 1 heterocycles. The van der Waals surface area contributed by atoms with Crippen LogP contribution in [0.3, 0.4) is 0 Å². The molecule has 0 aliphatic carbocycles. The van der Waals surface area contributed by atoms with Gasteiger partial charge in [-0.05, 0) is 60.4 Å². The Morgan fingerprint density at radius 2 is 1.71 bits per heavy atom. The van der Waals surface area contributed by atoms with Crippen LogP contribution in [-0.2, 0) is 14.8 Å². The molecule has 176 valence electrons. The second-order valence-electron chi connectivity index (χ2n) is 8.36. The van der Waals surface area contributed by atoms with Crippen molar-refractivity contribution in [2.75, 3.05) is 21.1 Å². The topological polar surface area (TPSA) is 86.8 Å². The molecule has 3 amide bonds. The Labute approximate surface area is 204 Å². The second kappa shape index (κ2) is 9.12. The number of rotatable bonds is 5. The number of halogens is 1. The van der Waals surface area contributed by atoms with Gasteiger partial charge in [0.25, 0.3) is 10.0 Å². The van der Waals surface area contributed by atoms with Crippen LogP contribution in [-0.4, -0.2) is 26.9 Å². The van der Waals surface area contributed by atoms with E-state index in [2.05, 4.69) is 19.2 Å². The van der Waals surface area contributed by atoms with E-state index in [0.717, 1.165) is 16.0 Å². The van der Waals surface area contributed by atoms with Crippen molar-refractivity contribution in [3.8, 4) is 0 Å². The lowest BCUT2D eigenvalue weighted by Gasteiger charge is -2.36. The summed E-state index contributed by atoms with van der Waals surface area (Å²) in [4.78, 5) is 27.4. The number of hydrogen-bond donors (Lipinski definition) is 1. The van der Waals surface area contributed by atoms with Crippen molar-refractivity contribution in [2.24, 2.45) is 0 Å². The lowest BCUT2D eigenvalue weighted by molar-refractivity contribution is -0.114. The molecule has 0 saturated heterocycles. The van der Waals surface area contributed by atoms with Gasteiger partial charge in [-0.3, -0.25) is 9.69 Å². The fraction of sp³-hybridized carbons (Fsp3) is 0.200. The Bertz CT molecular complexity index is 1370. The third kappa shape index (κ3) is 4.38. The highest BCUT2D eigenvalue weighted by Crippen LogP contribution is 2.38. The molecule has 7 nitrogen and oxygen atoms in total. The van der Waals surface area contributed by atoms with Gasteiger partial charge in [0.15, 0.2) is 0 Å². The molecule has 4 rings (SSSR count). The van der Waals surface area contributed by atoms with Gasteiger partial charge in [-0.2, -0.15) is 4.31 Å². The number of para-hydroxylation sites is 1. The quantitative estimate of drug-likeness (QED) is 0.501. The van der Waals surface area contributed by atoms with Crippen molar-refractivity contribution < 1.29 is 18.0 Å². The molecule has 9 heteroatoms. The summed E-state index contributed by atoms with van der Waals surface area (Å²) in [7, 11) is -4.20. The van der Waals surface area contributed by atoms with Crippen LogP contribution in [0.4, 0.5) is 21.9 Å². The van der Waals surface area contributed by atoms with E-state index in [0.29, 0.717) is 20.9 Å². The molecule has 0 spiro atoms. The van der Waals surface area contributed by atoms with Gasteiger partial charge in [0.05, 0.1) is 11.4 Å². The molecule has 0 unspecified atom stereocenters. The molecule has 0 radical (unpaired) electrons. The molecular weight excluding hydrogens is 474 g/mol. The van der Waals surface area contributed by atoms with E-state index >= 15 is 0 Å². The zero-order chi connectivity index (χ0) is 24.6. The van der Waals surface area contributed by atoms with E-state index in [1.807, 2.05) is 12.1 Å². The number of carbonyl (C=O) groups is 2. The van der Waals surface area contributed by atoms with Crippen molar-refractivity contribution in [1.29, 1.82) is 0 Å². The third-order valence-electron chi connectivity index (χ3n) is 5.63. The molecular formula is C25H24ClN3O4S. The largest absolute Gasteiger partial charge is 0.343 e. The monoisotopic (exact) mass is 497 g/mol. The third-order valence-corrected chi connectivity index (χ3v) is 7.79. The fourth-order valence-corrected chi connectivity index (χ4v) is 5.48. The number of urea groups is 1. The van der Waals surface area contributed by atoms with Crippen LogP contribution in [0.15, 0.2) is 71.6 Å². The van der Waals surface area contributed by atoms with E-state index in [1.165, 1.54) is 24.3 Å². The van der Waals surface area contributed by atoms with Crippen LogP contribution in [0.5, 0.6) is 0 Å². The van der Waals surface area contributed by atoms with Crippen LogP contribution < -0.4 is 14.5 Å². The lowest BCUT2D eigenvalue weighted by Crippen LogP contribution is -2.53. The minimum Gasteiger partial charge on any atom is -0.325 e. The highest BCUT2D eigenvalue weighted by Gasteiger charge is 2.43. The summed E-state index contributed by atoms with van der Waals surface area (Å²) in [5.41, 5.74) is 2.71. The smallest absolute Gasteiger partial charge is 0.325 e. The van der Waals surface area contributed by atoms with E-state index < -0.39 is 22.0 Å². The maximum absolute atomic E-state index is 13.5. The van der Waals surface area contributed by atoms with Crippen LogP contribution in [0.1, 0.15) is 30.9 Å². The zero-order valence-corrected chi connectivity index (χ0v) is 20.5. The highest BCUT2D eigenvalue weighted by atomic mass is 35.5. The first kappa shape index (κ1) is 23.8. The average molecular weight is 498 g/mol. The first-order chi connectivity index (χ1) is 16.1. The van der Waals surface area contributed by atoms with Gasteiger partial charge in [0.1, 0.15) is 11.4 Å². The van der Waals surface area contributed by atoms with Crippen molar-refractivity contribution in [3.63, 3.8) is 0 Å². The van der Waals surface area contributed by atoms with Crippen LogP contribution in [0.2, 0.25) is 5.02 Å². The molecule has 0 aromatic heterocycles. The van der Waals surface area contributed by atoms with Crippen LogP contribution >= 0.6 is 11.6 Å². The molecule has 1 N–H and O–H groups in total. The van der Waals surface area contributed by atoms with E-state index in [9.17, 15) is 18.0 Å². The SMILES string of the molecule is Cc1ccc(N2C(=O)N(CC(=O)Nc3ccc(C(C)C)cc3)c3ccccc3S2(=O)=O)cc1Cl. The van der Waals surface area contributed by atoms with Crippen LogP contribution in [0, 0.1) is 6.92 Å². The van der Waals surface area contributed by atoms with Gasteiger partial charge in [0.2, 0.25) is 5.91 Å². The first-order valence-electron chi connectivity index (χ1n) is 10.7.